The third kappa shape index (κ3) is 3.39. The number of hydrogen-bond donors (Lipinski definition) is 2. The van der Waals surface area contributed by atoms with Crippen LogP contribution in [-0.2, 0) is 19.3 Å². The minimum Gasteiger partial charge on any atom is -0.477 e. The Morgan fingerprint density at radius 3 is 2.43 bits per heavy atom. The second-order valence-electron chi connectivity index (χ2n) is 5.48. The van der Waals surface area contributed by atoms with Crippen LogP contribution in [0, 0.1) is 0 Å². The smallest absolute Gasteiger partial charge is 0.346 e. The highest BCUT2D eigenvalue weighted by Gasteiger charge is 2.27. The monoisotopic (exact) mass is 331 g/mol. The Hall–Kier alpha value is -2.28. The van der Waals surface area contributed by atoms with Gasteiger partial charge in [-0.15, -0.1) is 11.3 Å². The van der Waals surface area contributed by atoms with Crippen LogP contribution in [-0.4, -0.2) is 33.5 Å². The summed E-state index contributed by atoms with van der Waals surface area (Å²) in [4.78, 5) is 32.5. The van der Waals surface area contributed by atoms with Crippen molar-refractivity contribution in [1.29, 1.82) is 0 Å². The topological polar surface area (TPSA) is 92.2 Å². The summed E-state index contributed by atoms with van der Waals surface area (Å²) in [6.07, 6.45) is 9.07. The van der Waals surface area contributed by atoms with Crippen LogP contribution in [0.25, 0.3) is 0 Å². The Kier molecular flexibility index (Phi) is 4.66. The molecule has 0 aromatic carbocycles. The van der Waals surface area contributed by atoms with Crippen molar-refractivity contribution in [3.63, 3.8) is 0 Å². The molecule has 3 rings (SSSR count). The predicted octanol–water partition coefficient (Wildman–Crippen LogP) is 2.09. The molecule has 0 atom stereocenters. The molecule has 1 aliphatic carbocycles. The van der Waals surface area contributed by atoms with Crippen LogP contribution in [0.4, 0.5) is 0 Å². The highest BCUT2D eigenvalue weighted by molar-refractivity contribution is 7.16. The Labute approximate surface area is 137 Å². The molecule has 2 aromatic heterocycles. The fourth-order valence-corrected chi connectivity index (χ4v) is 4.00. The van der Waals surface area contributed by atoms with Gasteiger partial charge in [-0.25, -0.2) is 14.8 Å². The van der Waals surface area contributed by atoms with Crippen LogP contribution in [0.2, 0.25) is 0 Å². The molecule has 0 saturated heterocycles. The summed E-state index contributed by atoms with van der Waals surface area (Å²) in [5.74, 6) is -1.12. The van der Waals surface area contributed by atoms with Crippen molar-refractivity contribution in [2.24, 2.45) is 0 Å². The average Bonchev–Trinajstić information content (AvgIpc) is 2.96. The molecule has 2 heterocycles. The number of aromatic nitrogens is 2. The maximum Gasteiger partial charge on any atom is 0.346 e. The first-order valence-corrected chi connectivity index (χ1v) is 8.38. The molecule has 0 spiro atoms. The number of carbonyl (C=O) groups is 2. The molecule has 1 aliphatic rings. The van der Waals surface area contributed by atoms with Gasteiger partial charge in [-0.3, -0.25) is 4.79 Å². The molecule has 7 heteroatoms. The van der Waals surface area contributed by atoms with E-state index in [0.29, 0.717) is 22.7 Å². The summed E-state index contributed by atoms with van der Waals surface area (Å²) in [6, 6.07) is 0. The summed E-state index contributed by atoms with van der Waals surface area (Å²) in [6.45, 7) is 0.473. The van der Waals surface area contributed by atoms with E-state index >= 15 is 0 Å². The minimum absolute atomic E-state index is 0.183. The molecule has 1 amide bonds. The van der Waals surface area contributed by atoms with Crippen LogP contribution in [0.15, 0.2) is 18.7 Å². The number of carboxylic acids is 1. The third-order valence-electron chi connectivity index (χ3n) is 3.93. The predicted molar refractivity (Wildman–Crippen MR) is 86.0 cm³/mol. The highest BCUT2D eigenvalue weighted by atomic mass is 32.1. The standard InChI is InChI=1S/C16H17N3O3S/c20-15(19-6-5-10-7-17-9-18-8-10)13-11-3-1-2-4-12(11)14(23-13)16(21)22/h7-9H,1-6H2,(H,19,20)(H,21,22). The Balaban J connectivity index is 1.71. The van der Waals surface area contributed by atoms with E-state index < -0.39 is 5.97 Å². The van der Waals surface area contributed by atoms with Gasteiger partial charge in [-0.05, 0) is 48.8 Å². The van der Waals surface area contributed by atoms with E-state index in [0.717, 1.165) is 53.7 Å². The van der Waals surface area contributed by atoms with E-state index in [2.05, 4.69) is 15.3 Å². The molecule has 0 radical (unpaired) electrons. The average molecular weight is 331 g/mol. The lowest BCUT2D eigenvalue weighted by Gasteiger charge is -2.13. The zero-order valence-electron chi connectivity index (χ0n) is 12.5. The van der Waals surface area contributed by atoms with Crippen LogP contribution >= 0.6 is 11.3 Å². The maximum absolute atomic E-state index is 12.4. The second kappa shape index (κ2) is 6.87. The van der Waals surface area contributed by atoms with E-state index in [4.69, 9.17) is 0 Å². The quantitative estimate of drug-likeness (QED) is 0.875. The number of fused-ring (bicyclic) bond motifs is 1. The zero-order chi connectivity index (χ0) is 16.2. The first kappa shape index (κ1) is 15.6. The fourth-order valence-electron chi connectivity index (χ4n) is 2.85. The van der Waals surface area contributed by atoms with Crippen molar-refractivity contribution >= 4 is 23.2 Å². The number of hydrogen-bond acceptors (Lipinski definition) is 5. The number of carboxylic acid groups (broad SMARTS) is 1. The van der Waals surface area contributed by atoms with Gasteiger partial charge in [-0.2, -0.15) is 0 Å². The SMILES string of the molecule is O=C(O)c1sc(C(=O)NCCc2cncnc2)c2c1CCCC2. The third-order valence-corrected chi connectivity index (χ3v) is 5.19. The molecular weight excluding hydrogens is 314 g/mol. The first-order valence-electron chi connectivity index (χ1n) is 7.56. The molecule has 0 unspecified atom stereocenters. The lowest BCUT2D eigenvalue weighted by molar-refractivity contribution is 0.0700. The van der Waals surface area contributed by atoms with Gasteiger partial charge in [0.2, 0.25) is 0 Å². The van der Waals surface area contributed by atoms with Crippen LogP contribution < -0.4 is 5.32 Å². The molecule has 120 valence electrons. The largest absolute Gasteiger partial charge is 0.477 e. The Bertz CT molecular complexity index is 728. The number of nitrogens with one attached hydrogen (secondary N) is 1. The van der Waals surface area contributed by atoms with Gasteiger partial charge < -0.3 is 10.4 Å². The molecule has 23 heavy (non-hydrogen) atoms. The van der Waals surface area contributed by atoms with Gasteiger partial charge in [-0.1, -0.05) is 0 Å². The molecule has 0 bridgehead atoms. The van der Waals surface area contributed by atoms with E-state index in [1.807, 2.05) is 0 Å². The normalized spacial score (nSPS) is 13.4. The van der Waals surface area contributed by atoms with Crippen molar-refractivity contribution in [3.05, 3.63) is 45.2 Å². The van der Waals surface area contributed by atoms with Gasteiger partial charge in [0.15, 0.2) is 0 Å². The summed E-state index contributed by atoms with van der Waals surface area (Å²) >= 11 is 1.10. The van der Waals surface area contributed by atoms with Gasteiger partial charge in [0, 0.05) is 18.9 Å². The minimum atomic E-state index is -0.936. The highest BCUT2D eigenvalue weighted by Crippen LogP contribution is 2.34. The molecule has 2 N–H and O–H groups in total. The zero-order valence-corrected chi connectivity index (χ0v) is 13.4. The number of aromatic carboxylic acids is 1. The summed E-state index contributed by atoms with van der Waals surface area (Å²) in [5, 5.41) is 12.2. The molecular formula is C16H17N3O3S. The number of nitrogens with zero attached hydrogens (tertiary/aromatic N) is 2. The Morgan fingerprint density at radius 1 is 1.13 bits per heavy atom. The molecule has 2 aromatic rings. The van der Waals surface area contributed by atoms with Crippen molar-refractivity contribution in [1.82, 2.24) is 15.3 Å². The van der Waals surface area contributed by atoms with Crippen LogP contribution in [0.1, 0.15) is 48.9 Å². The Morgan fingerprint density at radius 2 is 1.78 bits per heavy atom. The fraction of sp³-hybridized carbons (Fsp3) is 0.375. The van der Waals surface area contributed by atoms with Crippen molar-refractivity contribution in [2.45, 2.75) is 32.1 Å². The molecule has 0 fully saturated rings. The van der Waals surface area contributed by atoms with Crippen molar-refractivity contribution in [3.8, 4) is 0 Å². The first-order chi connectivity index (χ1) is 11.2. The van der Waals surface area contributed by atoms with Gasteiger partial charge in [0.05, 0.1) is 4.88 Å². The van der Waals surface area contributed by atoms with Crippen molar-refractivity contribution in [2.75, 3.05) is 6.54 Å². The molecule has 0 aliphatic heterocycles. The maximum atomic E-state index is 12.4. The summed E-state index contributed by atoms with van der Waals surface area (Å²) in [5.41, 5.74) is 2.74. The van der Waals surface area contributed by atoms with Crippen molar-refractivity contribution < 1.29 is 14.7 Å². The van der Waals surface area contributed by atoms with Gasteiger partial charge >= 0.3 is 5.97 Å². The molecule has 0 saturated carbocycles. The summed E-state index contributed by atoms with van der Waals surface area (Å²) < 4.78 is 0. The van der Waals surface area contributed by atoms with Gasteiger partial charge in [0.1, 0.15) is 11.2 Å². The lowest BCUT2D eigenvalue weighted by atomic mass is 9.92. The number of thiophene rings is 1. The van der Waals surface area contributed by atoms with E-state index in [9.17, 15) is 14.7 Å². The number of carbonyl (C=O) groups excluding carboxylic acids is 1. The van der Waals surface area contributed by atoms with Gasteiger partial charge in [0.25, 0.3) is 5.91 Å². The lowest BCUT2D eigenvalue weighted by Crippen LogP contribution is -2.26. The van der Waals surface area contributed by atoms with Crippen LogP contribution in [0.3, 0.4) is 0 Å². The van der Waals surface area contributed by atoms with E-state index in [-0.39, 0.29) is 5.91 Å². The van der Waals surface area contributed by atoms with E-state index in [1.165, 1.54) is 6.33 Å². The summed E-state index contributed by atoms with van der Waals surface area (Å²) in [7, 11) is 0. The number of amides is 1. The molecule has 6 nitrogen and oxygen atoms in total. The van der Waals surface area contributed by atoms with E-state index in [1.54, 1.807) is 12.4 Å². The second-order valence-corrected chi connectivity index (χ2v) is 6.50. The van der Waals surface area contributed by atoms with Crippen LogP contribution in [0.5, 0.6) is 0 Å². The number of rotatable bonds is 5.